The minimum Gasteiger partial charge on any atom is -0.481 e. The average molecular weight is 223 g/mol. The van der Waals surface area contributed by atoms with Gasteiger partial charge in [-0.3, -0.25) is 14.9 Å². The van der Waals surface area contributed by atoms with Crippen molar-refractivity contribution in [1.29, 1.82) is 0 Å². The number of aliphatic carboxylic acids is 1. The van der Waals surface area contributed by atoms with E-state index in [1.807, 2.05) is 6.92 Å². The molecule has 0 amide bonds. The van der Waals surface area contributed by atoms with Crippen LogP contribution in [0.15, 0.2) is 24.3 Å². The molecule has 1 N–H and O–H groups in total. The molecule has 0 aliphatic carbocycles. The number of nitro groups is 1. The normalized spacial score (nSPS) is 12.1. The second kappa shape index (κ2) is 5.25. The SMILES string of the molecule is C[C@H](CC(=O)O)Cc1ccc([N+](=O)[O-])cc1. The number of non-ortho nitro benzene ring substituents is 1. The summed E-state index contributed by atoms with van der Waals surface area (Å²) in [4.78, 5) is 20.4. The Bertz CT molecular complexity index is 385. The van der Waals surface area contributed by atoms with Crippen molar-refractivity contribution in [3.8, 4) is 0 Å². The fourth-order valence-electron chi connectivity index (χ4n) is 1.53. The van der Waals surface area contributed by atoms with E-state index in [4.69, 9.17) is 5.11 Å². The number of hydrogen-bond acceptors (Lipinski definition) is 3. The van der Waals surface area contributed by atoms with Crippen molar-refractivity contribution in [2.24, 2.45) is 5.92 Å². The number of nitro benzene ring substituents is 1. The smallest absolute Gasteiger partial charge is 0.303 e. The first kappa shape index (κ1) is 12.2. The number of benzene rings is 1. The van der Waals surface area contributed by atoms with E-state index in [-0.39, 0.29) is 18.0 Å². The Morgan fingerprint density at radius 1 is 1.44 bits per heavy atom. The second-order valence-electron chi connectivity index (χ2n) is 3.83. The molecule has 0 spiro atoms. The zero-order valence-corrected chi connectivity index (χ0v) is 8.92. The topological polar surface area (TPSA) is 80.4 Å². The molecule has 0 fully saturated rings. The van der Waals surface area contributed by atoms with Crippen LogP contribution in [-0.2, 0) is 11.2 Å². The Hall–Kier alpha value is -1.91. The van der Waals surface area contributed by atoms with Crippen LogP contribution in [0.5, 0.6) is 0 Å². The zero-order chi connectivity index (χ0) is 12.1. The summed E-state index contributed by atoms with van der Waals surface area (Å²) in [5, 5.41) is 19.0. The standard InChI is InChI=1S/C11H13NO4/c1-8(7-11(13)14)6-9-2-4-10(5-3-9)12(15)16/h2-5,8H,6-7H2,1H3,(H,13,14)/t8-/m0/s1. The van der Waals surface area contributed by atoms with Crippen LogP contribution in [-0.4, -0.2) is 16.0 Å². The summed E-state index contributed by atoms with van der Waals surface area (Å²) in [5.41, 5.74) is 0.967. The van der Waals surface area contributed by atoms with Gasteiger partial charge in [-0.15, -0.1) is 0 Å². The van der Waals surface area contributed by atoms with E-state index in [2.05, 4.69) is 0 Å². The lowest BCUT2D eigenvalue weighted by molar-refractivity contribution is -0.384. The highest BCUT2D eigenvalue weighted by Crippen LogP contribution is 2.16. The highest BCUT2D eigenvalue weighted by molar-refractivity contribution is 5.67. The zero-order valence-electron chi connectivity index (χ0n) is 8.92. The first-order valence-electron chi connectivity index (χ1n) is 4.94. The molecule has 1 rings (SSSR count). The van der Waals surface area contributed by atoms with Crippen LogP contribution < -0.4 is 0 Å². The van der Waals surface area contributed by atoms with Gasteiger partial charge in [0.25, 0.3) is 5.69 Å². The molecule has 0 heterocycles. The maximum Gasteiger partial charge on any atom is 0.303 e. The van der Waals surface area contributed by atoms with Crippen molar-refractivity contribution in [2.75, 3.05) is 0 Å². The monoisotopic (exact) mass is 223 g/mol. The number of rotatable bonds is 5. The molecule has 0 saturated heterocycles. The van der Waals surface area contributed by atoms with Crippen LogP contribution >= 0.6 is 0 Å². The van der Waals surface area contributed by atoms with Gasteiger partial charge in [-0.05, 0) is 17.9 Å². The number of carboxylic acid groups (broad SMARTS) is 1. The van der Waals surface area contributed by atoms with Crippen molar-refractivity contribution in [1.82, 2.24) is 0 Å². The van der Waals surface area contributed by atoms with Gasteiger partial charge in [-0.1, -0.05) is 19.1 Å². The predicted molar refractivity (Wildman–Crippen MR) is 58.2 cm³/mol. The third kappa shape index (κ3) is 3.68. The molecule has 0 bridgehead atoms. The highest BCUT2D eigenvalue weighted by Gasteiger charge is 2.10. The quantitative estimate of drug-likeness (QED) is 0.613. The third-order valence-corrected chi connectivity index (χ3v) is 2.25. The first-order valence-corrected chi connectivity index (χ1v) is 4.94. The molecule has 5 nitrogen and oxygen atoms in total. The lowest BCUT2D eigenvalue weighted by Gasteiger charge is -2.07. The summed E-state index contributed by atoms with van der Waals surface area (Å²) < 4.78 is 0. The van der Waals surface area contributed by atoms with E-state index in [0.717, 1.165) is 5.56 Å². The molecule has 0 radical (unpaired) electrons. The Morgan fingerprint density at radius 2 is 2.00 bits per heavy atom. The highest BCUT2D eigenvalue weighted by atomic mass is 16.6. The van der Waals surface area contributed by atoms with Gasteiger partial charge in [0.2, 0.25) is 0 Å². The third-order valence-electron chi connectivity index (χ3n) is 2.25. The Morgan fingerprint density at radius 3 is 2.44 bits per heavy atom. The largest absolute Gasteiger partial charge is 0.481 e. The fraction of sp³-hybridized carbons (Fsp3) is 0.364. The number of carbonyl (C=O) groups is 1. The van der Waals surface area contributed by atoms with Gasteiger partial charge < -0.3 is 5.11 Å². The molecule has 1 atom stereocenters. The van der Waals surface area contributed by atoms with Crippen LogP contribution in [0.4, 0.5) is 5.69 Å². The Kier molecular flexibility index (Phi) is 3.99. The molecule has 1 aromatic carbocycles. The van der Waals surface area contributed by atoms with Gasteiger partial charge >= 0.3 is 5.97 Å². The van der Waals surface area contributed by atoms with Crippen molar-refractivity contribution in [3.63, 3.8) is 0 Å². The van der Waals surface area contributed by atoms with Crippen LogP contribution in [0.1, 0.15) is 18.9 Å². The van der Waals surface area contributed by atoms with E-state index in [0.29, 0.717) is 6.42 Å². The summed E-state index contributed by atoms with van der Waals surface area (Å²) in [7, 11) is 0. The van der Waals surface area contributed by atoms with E-state index >= 15 is 0 Å². The number of carboxylic acids is 1. The van der Waals surface area contributed by atoms with Gasteiger partial charge in [0.15, 0.2) is 0 Å². The maximum atomic E-state index is 10.5. The van der Waals surface area contributed by atoms with Crippen LogP contribution in [0, 0.1) is 16.0 Å². The summed E-state index contributed by atoms with van der Waals surface area (Å²) >= 11 is 0. The summed E-state index contributed by atoms with van der Waals surface area (Å²) in [6.45, 7) is 1.84. The summed E-state index contributed by atoms with van der Waals surface area (Å²) in [5.74, 6) is -0.798. The molecular weight excluding hydrogens is 210 g/mol. The summed E-state index contributed by atoms with van der Waals surface area (Å²) in [6, 6.07) is 6.19. The minimum atomic E-state index is -0.825. The number of nitrogens with zero attached hydrogens (tertiary/aromatic N) is 1. The molecule has 16 heavy (non-hydrogen) atoms. The van der Waals surface area contributed by atoms with Gasteiger partial charge in [0.1, 0.15) is 0 Å². The first-order chi connectivity index (χ1) is 7.49. The Balaban J connectivity index is 2.61. The molecular formula is C11H13NO4. The van der Waals surface area contributed by atoms with Crippen molar-refractivity contribution < 1.29 is 14.8 Å². The minimum absolute atomic E-state index is 0.0268. The van der Waals surface area contributed by atoms with Crippen molar-refractivity contribution in [3.05, 3.63) is 39.9 Å². The molecule has 86 valence electrons. The van der Waals surface area contributed by atoms with E-state index < -0.39 is 10.9 Å². The van der Waals surface area contributed by atoms with E-state index in [1.54, 1.807) is 12.1 Å². The Labute approximate surface area is 92.9 Å². The van der Waals surface area contributed by atoms with Gasteiger partial charge in [0.05, 0.1) is 4.92 Å². The average Bonchev–Trinajstić information content (AvgIpc) is 2.16. The van der Waals surface area contributed by atoms with E-state index in [9.17, 15) is 14.9 Å². The van der Waals surface area contributed by atoms with Crippen molar-refractivity contribution in [2.45, 2.75) is 19.8 Å². The summed E-state index contributed by atoms with van der Waals surface area (Å²) in [6.07, 6.45) is 0.723. The van der Waals surface area contributed by atoms with Gasteiger partial charge in [0, 0.05) is 18.6 Å². The molecule has 5 heteroatoms. The van der Waals surface area contributed by atoms with Crippen LogP contribution in [0.2, 0.25) is 0 Å². The lowest BCUT2D eigenvalue weighted by Crippen LogP contribution is -2.06. The van der Waals surface area contributed by atoms with Crippen LogP contribution in [0.3, 0.4) is 0 Å². The molecule has 0 aliphatic rings. The molecule has 0 unspecified atom stereocenters. The molecule has 0 aromatic heterocycles. The maximum absolute atomic E-state index is 10.5. The molecule has 1 aromatic rings. The van der Waals surface area contributed by atoms with Crippen molar-refractivity contribution >= 4 is 11.7 Å². The molecule has 0 saturated carbocycles. The van der Waals surface area contributed by atoms with Gasteiger partial charge in [-0.2, -0.15) is 0 Å². The lowest BCUT2D eigenvalue weighted by atomic mass is 9.98. The number of hydrogen-bond donors (Lipinski definition) is 1. The predicted octanol–water partition coefficient (Wildman–Crippen LogP) is 2.25. The molecule has 0 aliphatic heterocycles. The van der Waals surface area contributed by atoms with Crippen LogP contribution in [0.25, 0.3) is 0 Å². The fourth-order valence-corrected chi connectivity index (χ4v) is 1.53. The van der Waals surface area contributed by atoms with Gasteiger partial charge in [-0.25, -0.2) is 0 Å². The second-order valence-corrected chi connectivity index (χ2v) is 3.83. The van der Waals surface area contributed by atoms with E-state index in [1.165, 1.54) is 12.1 Å².